The van der Waals surface area contributed by atoms with Crippen LogP contribution in [0.15, 0.2) is 24.3 Å². The molecule has 1 atom stereocenters. The Labute approximate surface area is 144 Å². The highest BCUT2D eigenvalue weighted by atomic mass is 16.5. The quantitative estimate of drug-likeness (QED) is 0.761. The molecular weight excluding hydrogens is 300 g/mol. The summed E-state index contributed by atoms with van der Waals surface area (Å²) in [4.78, 5) is 12.4. The molecule has 1 unspecified atom stereocenters. The Bertz CT molecular complexity index is 699. The number of carbonyl (C=O) groups excluding carboxylic acids is 1. The molecule has 130 valence electrons. The zero-order valence-corrected chi connectivity index (χ0v) is 15.6. The van der Waals surface area contributed by atoms with E-state index < -0.39 is 0 Å². The predicted molar refractivity (Wildman–Crippen MR) is 97.1 cm³/mol. The van der Waals surface area contributed by atoms with Gasteiger partial charge in [0.15, 0.2) is 6.61 Å². The van der Waals surface area contributed by atoms with Crippen LogP contribution in [0.1, 0.15) is 73.3 Å². The lowest BCUT2D eigenvalue weighted by Gasteiger charge is -2.11. The lowest BCUT2D eigenvalue weighted by molar-refractivity contribution is 0.0818. The van der Waals surface area contributed by atoms with Crippen LogP contribution in [0.5, 0.6) is 5.75 Å². The van der Waals surface area contributed by atoms with Crippen molar-refractivity contribution in [1.82, 2.24) is 9.78 Å². The summed E-state index contributed by atoms with van der Waals surface area (Å²) >= 11 is 0. The molecule has 2 aromatic rings. The molecule has 0 bridgehead atoms. The molecule has 2 rings (SSSR count). The third-order valence-electron chi connectivity index (χ3n) is 4.58. The Balaban J connectivity index is 2.05. The molecular formula is C20H28N2O2. The first-order valence-electron chi connectivity index (χ1n) is 8.67. The van der Waals surface area contributed by atoms with Gasteiger partial charge in [-0.05, 0) is 55.4 Å². The molecule has 1 aromatic heterocycles. The molecule has 1 heterocycles. The van der Waals surface area contributed by atoms with Gasteiger partial charge in [0.05, 0.1) is 5.69 Å². The van der Waals surface area contributed by atoms with Gasteiger partial charge in [-0.25, -0.2) is 4.68 Å². The average molecular weight is 328 g/mol. The minimum Gasteiger partial charge on any atom is -0.484 e. The van der Waals surface area contributed by atoms with E-state index >= 15 is 0 Å². The first-order chi connectivity index (χ1) is 11.3. The standard InChI is InChI=1S/C20H28N2O2/c1-7-14(4)17-8-10-18(11-9-17)24-12-19(23)22-16(6)20(13(2)3)15(5)21-22/h8-11,13-14H,7,12H2,1-6H3. The summed E-state index contributed by atoms with van der Waals surface area (Å²) < 4.78 is 7.12. The van der Waals surface area contributed by atoms with E-state index in [0.717, 1.165) is 23.4 Å². The molecule has 1 aromatic carbocycles. The molecule has 0 aliphatic carbocycles. The number of nitrogens with zero attached hydrogens (tertiary/aromatic N) is 2. The van der Waals surface area contributed by atoms with E-state index in [4.69, 9.17) is 4.74 Å². The number of ether oxygens (including phenoxy) is 1. The van der Waals surface area contributed by atoms with E-state index in [9.17, 15) is 4.79 Å². The molecule has 4 heteroatoms. The first-order valence-corrected chi connectivity index (χ1v) is 8.67. The van der Waals surface area contributed by atoms with Crippen LogP contribution in [0.25, 0.3) is 0 Å². The Morgan fingerprint density at radius 1 is 1.17 bits per heavy atom. The van der Waals surface area contributed by atoms with Crippen molar-refractivity contribution >= 4 is 5.91 Å². The summed E-state index contributed by atoms with van der Waals surface area (Å²) in [6.07, 6.45) is 1.11. The van der Waals surface area contributed by atoms with Crippen LogP contribution in [0.3, 0.4) is 0 Å². The molecule has 0 amide bonds. The van der Waals surface area contributed by atoms with Gasteiger partial charge in [0.25, 0.3) is 5.91 Å². The Morgan fingerprint density at radius 3 is 2.29 bits per heavy atom. The van der Waals surface area contributed by atoms with Gasteiger partial charge in [-0.3, -0.25) is 4.79 Å². The number of rotatable bonds is 6. The zero-order valence-electron chi connectivity index (χ0n) is 15.6. The largest absolute Gasteiger partial charge is 0.484 e. The van der Waals surface area contributed by atoms with Crippen molar-refractivity contribution in [2.75, 3.05) is 6.61 Å². The van der Waals surface area contributed by atoms with Crippen LogP contribution in [0.2, 0.25) is 0 Å². The summed E-state index contributed by atoms with van der Waals surface area (Å²) in [6, 6.07) is 7.98. The SMILES string of the molecule is CCC(C)c1ccc(OCC(=O)n2nc(C)c(C(C)C)c2C)cc1. The van der Waals surface area contributed by atoms with E-state index in [1.165, 1.54) is 10.2 Å². The number of hydrogen-bond acceptors (Lipinski definition) is 3. The van der Waals surface area contributed by atoms with E-state index in [2.05, 4.69) is 44.9 Å². The van der Waals surface area contributed by atoms with Crippen LogP contribution in [-0.4, -0.2) is 22.3 Å². The smallest absolute Gasteiger partial charge is 0.284 e. The fourth-order valence-electron chi connectivity index (χ4n) is 3.07. The lowest BCUT2D eigenvalue weighted by Crippen LogP contribution is -2.21. The van der Waals surface area contributed by atoms with Crippen molar-refractivity contribution in [3.05, 3.63) is 46.8 Å². The summed E-state index contributed by atoms with van der Waals surface area (Å²) in [6.45, 7) is 12.5. The van der Waals surface area contributed by atoms with Crippen molar-refractivity contribution in [3.63, 3.8) is 0 Å². The highest BCUT2D eigenvalue weighted by Gasteiger charge is 2.18. The summed E-state index contributed by atoms with van der Waals surface area (Å²) in [5, 5.41) is 4.38. The maximum atomic E-state index is 12.4. The van der Waals surface area contributed by atoms with Gasteiger partial charge in [0, 0.05) is 5.69 Å². The molecule has 0 N–H and O–H groups in total. The van der Waals surface area contributed by atoms with Crippen molar-refractivity contribution < 1.29 is 9.53 Å². The van der Waals surface area contributed by atoms with Crippen molar-refractivity contribution in [1.29, 1.82) is 0 Å². The van der Waals surface area contributed by atoms with E-state index in [-0.39, 0.29) is 12.5 Å². The minimum absolute atomic E-state index is 0.0117. The van der Waals surface area contributed by atoms with E-state index in [1.54, 1.807) is 0 Å². The fraction of sp³-hybridized carbons (Fsp3) is 0.500. The van der Waals surface area contributed by atoms with Crippen molar-refractivity contribution in [3.8, 4) is 5.75 Å². The summed E-state index contributed by atoms with van der Waals surface area (Å²) in [5.74, 6) is 1.44. The summed E-state index contributed by atoms with van der Waals surface area (Å²) in [7, 11) is 0. The minimum atomic E-state index is -0.145. The summed E-state index contributed by atoms with van der Waals surface area (Å²) in [5.41, 5.74) is 4.24. The third-order valence-corrected chi connectivity index (χ3v) is 4.58. The number of aromatic nitrogens is 2. The maximum absolute atomic E-state index is 12.4. The van der Waals surface area contributed by atoms with Crippen LogP contribution < -0.4 is 4.74 Å². The topological polar surface area (TPSA) is 44.1 Å². The molecule has 0 saturated carbocycles. The highest BCUT2D eigenvalue weighted by Crippen LogP contribution is 2.23. The van der Waals surface area contributed by atoms with Crippen LogP contribution in [0, 0.1) is 13.8 Å². The number of carbonyl (C=O) groups is 1. The second kappa shape index (κ2) is 7.65. The van der Waals surface area contributed by atoms with Gasteiger partial charge in [0.1, 0.15) is 5.75 Å². The number of benzene rings is 1. The lowest BCUT2D eigenvalue weighted by atomic mass is 9.99. The monoisotopic (exact) mass is 328 g/mol. The molecule has 0 aliphatic rings. The molecule has 0 aliphatic heterocycles. The van der Waals surface area contributed by atoms with Gasteiger partial charge in [-0.2, -0.15) is 5.10 Å². The van der Waals surface area contributed by atoms with E-state index in [1.807, 2.05) is 26.0 Å². The highest BCUT2D eigenvalue weighted by molar-refractivity contribution is 5.80. The Morgan fingerprint density at radius 2 is 1.79 bits per heavy atom. The molecule has 0 fully saturated rings. The third kappa shape index (κ3) is 3.86. The molecule has 24 heavy (non-hydrogen) atoms. The van der Waals surface area contributed by atoms with Gasteiger partial charge in [-0.15, -0.1) is 0 Å². The van der Waals surface area contributed by atoms with Gasteiger partial charge in [0.2, 0.25) is 0 Å². The zero-order chi connectivity index (χ0) is 17.9. The molecule has 0 saturated heterocycles. The van der Waals surface area contributed by atoms with Gasteiger partial charge in [-0.1, -0.05) is 39.8 Å². The van der Waals surface area contributed by atoms with Gasteiger partial charge >= 0.3 is 0 Å². The average Bonchev–Trinajstić information content (AvgIpc) is 2.87. The molecule has 0 radical (unpaired) electrons. The van der Waals surface area contributed by atoms with Crippen LogP contribution in [-0.2, 0) is 0 Å². The number of aryl methyl sites for hydroxylation is 1. The van der Waals surface area contributed by atoms with Crippen LogP contribution >= 0.6 is 0 Å². The maximum Gasteiger partial charge on any atom is 0.284 e. The van der Waals surface area contributed by atoms with E-state index in [0.29, 0.717) is 17.6 Å². The van der Waals surface area contributed by atoms with Gasteiger partial charge < -0.3 is 4.74 Å². The molecule has 4 nitrogen and oxygen atoms in total. The normalized spacial score (nSPS) is 12.5. The van der Waals surface area contributed by atoms with Crippen LogP contribution in [0.4, 0.5) is 0 Å². The first kappa shape index (κ1) is 18.2. The molecule has 0 spiro atoms. The van der Waals surface area contributed by atoms with Crippen molar-refractivity contribution in [2.24, 2.45) is 0 Å². The Kier molecular flexibility index (Phi) is 5.81. The second-order valence-corrected chi connectivity index (χ2v) is 6.71. The second-order valence-electron chi connectivity index (χ2n) is 6.71. The fourth-order valence-corrected chi connectivity index (χ4v) is 3.07. The predicted octanol–water partition coefficient (Wildman–Crippen LogP) is 4.86. The Hall–Kier alpha value is -2.10. The number of hydrogen-bond donors (Lipinski definition) is 0. The van der Waals surface area contributed by atoms with Crippen molar-refractivity contribution in [2.45, 2.75) is 59.8 Å².